The van der Waals surface area contributed by atoms with E-state index in [2.05, 4.69) is 5.10 Å². The van der Waals surface area contributed by atoms with Crippen LogP contribution in [0.2, 0.25) is 0 Å². The van der Waals surface area contributed by atoms with Crippen LogP contribution in [0, 0.1) is 5.92 Å². The number of hydrogen-bond acceptors (Lipinski definition) is 4. The predicted molar refractivity (Wildman–Crippen MR) is 57.2 cm³/mol. The molecule has 1 aliphatic rings. The van der Waals surface area contributed by atoms with Gasteiger partial charge in [-0.25, -0.2) is 8.42 Å². The second-order valence-corrected chi connectivity index (χ2v) is 5.74. The number of aliphatic hydroxyl groups is 1. The van der Waals surface area contributed by atoms with E-state index < -0.39 is 10.0 Å². The van der Waals surface area contributed by atoms with Crippen molar-refractivity contribution in [3.05, 3.63) is 12.3 Å². The van der Waals surface area contributed by atoms with Gasteiger partial charge in [-0.3, -0.25) is 4.68 Å². The molecule has 0 atom stereocenters. The molecule has 1 fully saturated rings. The highest BCUT2D eigenvalue weighted by molar-refractivity contribution is 7.89. The molecule has 1 aromatic rings. The van der Waals surface area contributed by atoms with E-state index in [0.717, 1.165) is 0 Å². The first kappa shape index (κ1) is 11.6. The zero-order valence-corrected chi connectivity index (χ0v) is 9.89. The highest BCUT2D eigenvalue weighted by Gasteiger charge is 2.37. The first-order valence-corrected chi connectivity index (χ1v) is 6.66. The molecule has 90 valence electrons. The lowest BCUT2D eigenvalue weighted by Gasteiger charge is -2.36. The summed E-state index contributed by atoms with van der Waals surface area (Å²) >= 11 is 0. The zero-order chi connectivity index (χ0) is 11.8. The van der Waals surface area contributed by atoms with Gasteiger partial charge in [0.15, 0.2) is 5.03 Å². The van der Waals surface area contributed by atoms with Crippen molar-refractivity contribution in [1.82, 2.24) is 14.1 Å². The van der Waals surface area contributed by atoms with E-state index in [1.807, 2.05) is 6.92 Å². The third kappa shape index (κ3) is 1.74. The molecule has 2 rings (SSSR count). The van der Waals surface area contributed by atoms with Crippen LogP contribution in [0.4, 0.5) is 0 Å². The summed E-state index contributed by atoms with van der Waals surface area (Å²) in [6.07, 6.45) is 1.49. The van der Waals surface area contributed by atoms with Crippen molar-refractivity contribution >= 4 is 10.0 Å². The Labute approximate surface area is 94.5 Å². The molecule has 2 heterocycles. The van der Waals surface area contributed by atoms with Crippen LogP contribution >= 0.6 is 0 Å². The normalized spacial score (nSPS) is 18.6. The van der Waals surface area contributed by atoms with Crippen molar-refractivity contribution in [3.63, 3.8) is 0 Å². The van der Waals surface area contributed by atoms with Crippen LogP contribution in [0.25, 0.3) is 0 Å². The summed E-state index contributed by atoms with van der Waals surface area (Å²) in [6, 6.07) is 1.51. The highest BCUT2D eigenvalue weighted by Crippen LogP contribution is 2.24. The molecule has 0 bridgehead atoms. The summed E-state index contributed by atoms with van der Waals surface area (Å²) in [5, 5.41) is 13.0. The average Bonchev–Trinajstić information content (AvgIpc) is 2.63. The first-order chi connectivity index (χ1) is 7.59. The number of rotatable bonds is 4. The summed E-state index contributed by atoms with van der Waals surface area (Å²) in [4.78, 5) is 0. The largest absolute Gasteiger partial charge is 0.396 e. The van der Waals surface area contributed by atoms with Crippen LogP contribution in [0.5, 0.6) is 0 Å². The second-order valence-electron chi connectivity index (χ2n) is 3.86. The maximum Gasteiger partial charge on any atom is 0.260 e. The molecule has 1 aromatic heterocycles. The number of hydrogen-bond donors (Lipinski definition) is 1. The molecular weight excluding hydrogens is 230 g/mol. The van der Waals surface area contributed by atoms with Crippen molar-refractivity contribution in [2.45, 2.75) is 18.5 Å². The van der Waals surface area contributed by atoms with E-state index in [1.165, 1.54) is 21.3 Å². The Morgan fingerprint density at radius 2 is 2.25 bits per heavy atom. The number of aliphatic hydroxyl groups excluding tert-OH is 1. The summed E-state index contributed by atoms with van der Waals surface area (Å²) < 4.78 is 27.0. The maximum atomic E-state index is 12.1. The van der Waals surface area contributed by atoms with Gasteiger partial charge in [-0.1, -0.05) is 0 Å². The standard InChI is InChI=1S/C9H15N3O3S/c1-2-12-9(3-4-10-12)16(14,15)11-5-8(6-11)7-13/h3-4,8,13H,2,5-7H2,1H3. The van der Waals surface area contributed by atoms with Crippen molar-refractivity contribution in [3.8, 4) is 0 Å². The minimum Gasteiger partial charge on any atom is -0.396 e. The van der Waals surface area contributed by atoms with Crippen molar-refractivity contribution in [2.75, 3.05) is 19.7 Å². The molecule has 1 N–H and O–H groups in total. The number of aromatic nitrogens is 2. The van der Waals surface area contributed by atoms with Crippen molar-refractivity contribution in [2.24, 2.45) is 5.92 Å². The fraction of sp³-hybridized carbons (Fsp3) is 0.667. The lowest BCUT2D eigenvalue weighted by atomic mass is 10.1. The van der Waals surface area contributed by atoms with Crippen LogP contribution in [-0.2, 0) is 16.6 Å². The van der Waals surface area contributed by atoms with Crippen LogP contribution < -0.4 is 0 Å². The molecule has 0 aliphatic carbocycles. The average molecular weight is 245 g/mol. The molecule has 0 radical (unpaired) electrons. The minimum absolute atomic E-state index is 0.0407. The van der Waals surface area contributed by atoms with Gasteiger partial charge in [0.25, 0.3) is 10.0 Å². The summed E-state index contributed by atoms with van der Waals surface area (Å²) in [6.45, 7) is 3.21. The van der Waals surface area contributed by atoms with Gasteiger partial charge in [0.05, 0.1) is 6.20 Å². The molecule has 7 heteroatoms. The van der Waals surface area contributed by atoms with E-state index in [0.29, 0.717) is 19.6 Å². The Hall–Kier alpha value is -0.920. The Balaban J connectivity index is 2.21. The highest BCUT2D eigenvalue weighted by atomic mass is 32.2. The Bertz CT molecular complexity index is 462. The van der Waals surface area contributed by atoms with Gasteiger partial charge < -0.3 is 5.11 Å². The van der Waals surface area contributed by atoms with E-state index in [1.54, 1.807) is 0 Å². The fourth-order valence-corrected chi connectivity index (χ4v) is 3.50. The summed E-state index contributed by atoms with van der Waals surface area (Å²) in [7, 11) is -3.42. The number of sulfonamides is 1. The first-order valence-electron chi connectivity index (χ1n) is 5.22. The van der Waals surface area contributed by atoms with Crippen LogP contribution in [0.1, 0.15) is 6.92 Å². The van der Waals surface area contributed by atoms with Gasteiger partial charge in [-0.15, -0.1) is 0 Å². The maximum absolute atomic E-state index is 12.1. The SMILES string of the molecule is CCn1nccc1S(=O)(=O)N1CC(CO)C1. The molecular formula is C9H15N3O3S. The minimum atomic E-state index is -3.42. The third-order valence-electron chi connectivity index (χ3n) is 2.76. The van der Waals surface area contributed by atoms with Crippen molar-refractivity contribution in [1.29, 1.82) is 0 Å². The molecule has 0 amide bonds. The molecule has 0 aromatic carbocycles. The number of nitrogens with zero attached hydrogens (tertiary/aromatic N) is 3. The molecule has 16 heavy (non-hydrogen) atoms. The van der Waals surface area contributed by atoms with Gasteiger partial charge in [0, 0.05) is 32.2 Å². The molecule has 0 unspecified atom stereocenters. The Morgan fingerprint density at radius 1 is 1.56 bits per heavy atom. The second kappa shape index (κ2) is 4.15. The summed E-state index contributed by atoms with van der Waals surface area (Å²) in [5.74, 6) is 0.0766. The molecule has 0 saturated carbocycles. The van der Waals surface area contributed by atoms with E-state index in [4.69, 9.17) is 5.11 Å². The molecule has 0 spiro atoms. The Kier molecular flexibility index (Phi) is 3.00. The summed E-state index contributed by atoms with van der Waals surface area (Å²) in [5.41, 5.74) is 0. The Morgan fingerprint density at radius 3 is 2.81 bits per heavy atom. The van der Waals surface area contributed by atoms with Gasteiger partial charge in [0.2, 0.25) is 0 Å². The number of aryl methyl sites for hydroxylation is 1. The monoisotopic (exact) mass is 245 g/mol. The van der Waals surface area contributed by atoms with Crippen LogP contribution in [0.3, 0.4) is 0 Å². The zero-order valence-electron chi connectivity index (χ0n) is 9.07. The van der Waals surface area contributed by atoms with E-state index >= 15 is 0 Å². The fourth-order valence-electron chi connectivity index (χ4n) is 1.74. The van der Waals surface area contributed by atoms with Gasteiger partial charge >= 0.3 is 0 Å². The van der Waals surface area contributed by atoms with E-state index in [9.17, 15) is 8.42 Å². The van der Waals surface area contributed by atoms with Gasteiger partial charge in [-0.2, -0.15) is 9.40 Å². The third-order valence-corrected chi connectivity index (χ3v) is 4.62. The van der Waals surface area contributed by atoms with Crippen LogP contribution in [-0.4, -0.2) is 47.3 Å². The topological polar surface area (TPSA) is 75.4 Å². The molecule has 1 aliphatic heterocycles. The van der Waals surface area contributed by atoms with Crippen LogP contribution in [0.15, 0.2) is 17.3 Å². The van der Waals surface area contributed by atoms with Crippen molar-refractivity contribution < 1.29 is 13.5 Å². The quantitative estimate of drug-likeness (QED) is 0.777. The predicted octanol–water partition coefficient (Wildman–Crippen LogP) is -0.484. The van der Waals surface area contributed by atoms with Gasteiger partial charge in [-0.05, 0) is 13.0 Å². The lowest BCUT2D eigenvalue weighted by Crippen LogP contribution is -2.51. The smallest absolute Gasteiger partial charge is 0.260 e. The van der Waals surface area contributed by atoms with E-state index in [-0.39, 0.29) is 17.6 Å². The molecule has 1 saturated heterocycles. The van der Waals surface area contributed by atoms with Gasteiger partial charge in [0.1, 0.15) is 0 Å². The molecule has 6 nitrogen and oxygen atoms in total. The lowest BCUT2D eigenvalue weighted by molar-refractivity contribution is 0.116.